The van der Waals surface area contributed by atoms with Crippen LogP contribution in [0.25, 0.3) is 0 Å². The summed E-state index contributed by atoms with van der Waals surface area (Å²) in [5, 5.41) is 8.69. The summed E-state index contributed by atoms with van der Waals surface area (Å²) in [7, 11) is 0. The van der Waals surface area contributed by atoms with Crippen molar-refractivity contribution in [3.8, 4) is 0 Å². The summed E-state index contributed by atoms with van der Waals surface area (Å²) in [6, 6.07) is 1.01. The zero-order valence-electron chi connectivity index (χ0n) is 9.49. The van der Waals surface area contributed by atoms with Crippen LogP contribution in [0.5, 0.6) is 0 Å². The summed E-state index contributed by atoms with van der Waals surface area (Å²) in [5.74, 6) is -2.25. The number of carboxylic acid groups (broad SMARTS) is 1. The van der Waals surface area contributed by atoms with E-state index in [0.717, 1.165) is 0 Å². The maximum Gasteiger partial charge on any atom is 0.417 e. The van der Waals surface area contributed by atoms with Crippen LogP contribution in [0.2, 0.25) is 0 Å². The Hall–Kier alpha value is -1.73. The van der Waals surface area contributed by atoms with E-state index in [4.69, 9.17) is 5.11 Å². The lowest BCUT2D eigenvalue weighted by atomic mass is 9.93. The van der Waals surface area contributed by atoms with E-state index >= 15 is 0 Å². The van der Waals surface area contributed by atoms with Crippen molar-refractivity contribution in [3.63, 3.8) is 0 Å². The summed E-state index contributed by atoms with van der Waals surface area (Å²) in [5.41, 5.74) is -5.78. The van der Waals surface area contributed by atoms with Gasteiger partial charge in [0.05, 0.1) is 16.7 Å². The number of alkyl halides is 6. The Labute approximate surface area is 103 Å². The molecule has 0 unspecified atom stereocenters. The fourth-order valence-corrected chi connectivity index (χ4v) is 1.72. The topological polar surface area (TPSA) is 37.3 Å². The summed E-state index contributed by atoms with van der Waals surface area (Å²) in [6.45, 7) is 1.30. The molecule has 0 aliphatic carbocycles. The summed E-state index contributed by atoms with van der Waals surface area (Å²) >= 11 is 0. The van der Waals surface area contributed by atoms with Gasteiger partial charge in [-0.1, -0.05) is 13.0 Å². The second-order valence-corrected chi connectivity index (χ2v) is 3.68. The van der Waals surface area contributed by atoms with Crippen LogP contribution in [-0.2, 0) is 18.8 Å². The molecule has 8 heteroatoms. The number of rotatable bonds is 2. The molecule has 0 aliphatic heterocycles. The lowest BCUT2D eigenvalue weighted by Crippen LogP contribution is -2.21. The van der Waals surface area contributed by atoms with Gasteiger partial charge in [0.1, 0.15) is 0 Å². The molecule has 0 aromatic heterocycles. The van der Waals surface area contributed by atoms with E-state index in [1.807, 2.05) is 0 Å². The molecular weight excluding hydrogens is 278 g/mol. The number of aromatic carboxylic acids is 1. The summed E-state index contributed by atoms with van der Waals surface area (Å²) in [6.07, 6.45) is -10.6. The zero-order valence-corrected chi connectivity index (χ0v) is 9.49. The first-order valence-electron chi connectivity index (χ1n) is 5.03. The summed E-state index contributed by atoms with van der Waals surface area (Å²) < 4.78 is 76.1. The molecule has 0 amide bonds. The number of carboxylic acids is 1. The number of halogens is 6. The van der Waals surface area contributed by atoms with Crippen LogP contribution in [0, 0.1) is 0 Å². The number of benzene rings is 1. The number of aryl methyl sites for hydroxylation is 1. The largest absolute Gasteiger partial charge is 0.478 e. The highest BCUT2D eigenvalue weighted by molar-refractivity contribution is 5.92. The van der Waals surface area contributed by atoms with Gasteiger partial charge in [0.25, 0.3) is 0 Å². The van der Waals surface area contributed by atoms with Gasteiger partial charge in [0, 0.05) is 0 Å². The van der Waals surface area contributed by atoms with Crippen molar-refractivity contribution in [2.75, 3.05) is 0 Å². The van der Waals surface area contributed by atoms with E-state index in [0.29, 0.717) is 12.1 Å². The van der Waals surface area contributed by atoms with Crippen molar-refractivity contribution in [2.45, 2.75) is 25.7 Å². The minimum Gasteiger partial charge on any atom is -0.478 e. The van der Waals surface area contributed by atoms with Gasteiger partial charge in [-0.2, -0.15) is 26.3 Å². The number of hydrogen-bond donors (Lipinski definition) is 1. The van der Waals surface area contributed by atoms with Crippen molar-refractivity contribution >= 4 is 5.97 Å². The predicted molar refractivity (Wildman–Crippen MR) is 52.8 cm³/mol. The molecule has 1 aromatic carbocycles. The minimum absolute atomic E-state index is 0.229. The average molecular weight is 286 g/mol. The highest BCUT2D eigenvalue weighted by Crippen LogP contribution is 2.41. The van der Waals surface area contributed by atoms with Gasteiger partial charge in [0.2, 0.25) is 0 Å². The van der Waals surface area contributed by atoms with E-state index in [2.05, 4.69) is 0 Å². The molecule has 2 nitrogen and oxygen atoms in total. The number of carbonyl (C=O) groups is 1. The van der Waals surface area contributed by atoms with Crippen molar-refractivity contribution in [3.05, 3.63) is 34.4 Å². The normalized spacial score (nSPS) is 12.6. The molecule has 0 aliphatic rings. The lowest BCUT2D eigenvalue weighted by Gasteiger charge is -2.19. The van der Waals surface area contributed by atoms with Crippen LogP contribution < -0.4 is 0 Å². The highest BCUT2D eigenvalue weighted by Gasteiger charge is 2.44. The fraction of sp³-hybridized carbons (Fsp3) is 0.364. The van der Waals surface area contributed by atoms with Crippen LogP contribution in [0.4, 0.5) is 26.3 Å². The van der Waals surface area contributed by atoms with Gasteiger partial charge in [-0.25, -0.2) is 4.79 Å². The zero-order chi connectivity index (χ0) is 15.0. The molecule has 1 rings (SSSR count). The second kappa shape index (κ2) is 4.75. The van der Waals surface area contributed by atoms with Crippen molar-refractivity contribution in [1.82, 2.24) is 0 Å². The maximum atomic E-state index is 12.8. The van der Waals surface area contributed by atoms with Crippen LogP contribution in [0.3, 0.4) is 0 Å². The number of hydrogen-bond acceptors (Lipinski definition) is 1. The van der Waals surface area contributed by atoms with Crippen LogP contribution in [0.15, 0.2) is 12.1 Å². The Kier molecular flexibility index (Phi) is 3.83. The molecule has 1 aromatic rings. The monoisotopic (exact) mass is 286 g/mol. The molecule has 0 radical (unpaired) electrons. The van der Waals surface area contributed by atoms with Gasteiger partial charge in [-0.05, 0) is 18.1 Å². The smallest absolute Gasteiger partial charge is 0.417 e. The van der Waals surface area contributed by atoms with Gasteiger partial charge in [-0.3, -0.25) is 0 Å². The molecule has 106 valence electrons. The van der Waals surface area contributed by atoms with Crippen LogP contribution >= 0.6 is 0 Å². The van der Waals surface area contributed by atoms with Gasteiger partial charge in [0.15, 0.2) is 0 Å². The van der Waals surface area contributed by atoms with Crippen molar-refractivity contribution in [1.29, 1.82) is 0 Å². The molecule has 0 saturated carbocycles. The average Bonchev–Trinajstić information content (AvgIpc) is 2.24. The lowest BCUT2D eigenvalue weighted by molar-refractivity contribution is -0.144. The van der Waals surface area contributed by atoms with E-state index in [9.17, 15) is 31.1 Å². The van der Waals surface area contributed by atoms with E-state index in [1.54, 1.807) is 0 Å². The quantitative estimate of drug-likeness (QED) is 0.835. The van der Waals surface area contributed by atoms with Gasteiger partial charge in [-0.15, -0.1) is 0 Å². The highest BCUT2D eigenvalue weighted by atomic mass is 19.4. The fourth-order valence-electron chi connectivity index (χ4n) is 1.72. The SMILES string of the molecule is CCc1ccc(C(F)(F)F)c(C(=O)O)c1C(F)(F)F. The first-order valence-corrected chi connectivity index (χ1v) is 5.03. The Morgan fingerprint density at radius 3 is 1.95 bits per heavy atom. The Bertz CT molecular complexity index is 501. The summed E-state index contributed by atoms with van der Waals surface area (Å²) in [4.78, 5) is 10.8. The first kappa shape index (κ1) is 15.3. The van der Waals surface area contributed by atoms with Crippen molar-refractivity contribution < 1.29 is 36.2 Å². The molecule has 0 saturated heterocycles. The maximum absolute atomic E-state index is 12.8. The molecule has 0 heterocycles. The molecule has 1 N–H and O–H groups in total. The second-order valence-electron chi connectivity index (χ2n) is 3.68. The molecular formula is C11H8F6O2. The van der Waals surface area contributed by atoms with E-state index in [1.165, 1.54) is 6.92 Å². The van der Waals surface area contributed by atoms with Crippen LogP contribution in [-0.4, -0.2) is 11.1 Å². The van der Waals surface area contributed by atoms with Crippen molar-refractivity contribution in [2.24, 2.45) is 0 Å². The molecule has 0 bridgehead atoms. The molecule has 0 fully saturated rings. The van der Waals surface area contributed by atoms with E-state index in [-0.39, 0.29) is 6.42 Å². The Morgan fingerprint density at radius 1 is 1.11 bits per heavy atom. The van der Waals surface area contributed by atoms with E-state index < -0.39 is 40.6 Å². The molecule has 19 heavy (non-hydrogen) atoms. The minimum atomic E-state index is -5.17. The molecule has 0 atom stereocenters. The molecule has 0 spiro atoms. The van der Waals surface area contributed by atoms with Crippen LogP contribution in [0.1, 0.15) is 34.0 Å². The first-order chi connectivity index (χ1) is 8.50. The van der Waals surface area contributed by atoms with Gasteiger partial charge >= 0.3 is 18.3 Å². The third-order valence-electron chi connectivity index (χ3n) is 2.48. The Balaban J connectivity index is 3.79. The third-order valence-corrected chi connectivity index (χ3v) is 2.48. The third kappa shape index (κ3) is 2.99. The van der Waals surface area contributed by atoms with Gasteiger partial charge < -0.3 is 5.11 Å². The predicted octanol–water partition coefficient (Wildman–Crippen LogP) is 3.98. The Morgan fingerprint density at radius 2 is 1.63 bits per heavy atom. The standard InChI is InChI=1S/C11H8F6O2/c1-2-5-3-4-6(10(12,13)14)7(9(18)19)8(5)11(15,16)17/h3-4H,2H2,1H3,(H,18,19).